The summed E-state index contributed by atoms with van der Waals surface area (Å²) in [5.41, 5.74) is -0.506. The van der Waals surface area contributed by atoms with Crippen LogP contribution in [-0.4, -0.2) is 18.9 Å². The van der Waals surface area contributed by atoms with E-state index in [-0.39, 0.29) is 17.7 Å². The van der Waals surface area contributed by atoms with Crippen molar-refractivity contribution in [3.05, 3.63) is 12.2 Å². The van der Waals surface area contributed by atoms with E-state index in [9.17, 15) is 9.59 Å². The molecular weight excluding hydrogens is 192 g/mol. The molecule has 1 unspecified atom stereocenters. The zero-order chi connectivity index (χ0) is 10.6. The largest absolute Gasteiger partial charge is 0.469 e. The smallest absolute Gasteiger partial charge is 0.312 e. The minimum absolute atomic E-state index is 0.183. The quantitative estimate of drug-likeness (QED) is 0.480. The van der Waals surface area contributed by atoms with Gasteiger partial charge in [-0.3, -0.25) is 9.59 Å². The number of hydrogen-bond donors (Lipinski definition) is 0. The van der Waals surface area contributed by atoms with E-state index >= 15 is 0 Å². The first kappa shape index (κ1) is 9.13. The van der Waals surface area contributed by atoms with Crippen LogP contribution in [0.1, 0.15) is 19.3 Å². The van der Waals surface area contributed by atoms with Crippen molar-refractivity contribution in [3.63, 3.8) is 0 Å². The molecule has 15 heavy (non-hydrogen) atoms. The Kier molecular flexibility index (Phi) is 1.65. The van der Waals surface area contributed by atoms with Gasteiger partial charge in [0.25, 0.3) is 0 Å². The molecule has 3 aliphatic rings. The maximum Gasteiger partial charge on any atom is 0.312 e. The number of Topliss-reactive ketones (excluding diaryl/α,β-unsaturated/α-hetero) is 1. The Bertz CT molecular complexity index is 371. The molecule has 0 spiro atoms. The van der Waals surface area contributed by atoms with Gasteiger partial charge in [-0.25, -0.2) is 0 Å². The van der Waals surface area contributed by atoms with Crippen LogP contribution in [0, 0.1) is 23.2 Å². The molecule has 4 bridgehead atoms. The van der Waals surface area contributed by atoms with E-state index in [0.717, 1.165) is 6.42 Å². The van der Waals surface area contributed by atoms with E-state index in [1.807, 2.05) is 0 Å². The summed E-state index contributed by atoms with van der Waals surface area (Å²) < 4.78 is 4.89. The summed E-state index contributed by atoms with van der Waals surface area (Å²) in [7, 11) is 1.42. The molecular formula is C12H14O3. The average molecular weight is 206 g/mol. The lowest BCUT2D eigenvalue weighted by molar-refractivity contribution is -0.159. The van der Waals surface area contributed by atoms with Gasteiger partial charge in [-0.15, -0.1) is 0 Å². The van der Waals surface area contributed by atoms with Crippen LogP contribution in [0.5, 0.6) is 0 Å². The molecule has 0 saturated heterocycles. The summed E-state index contributed by atoms with van der Waals surface area (Å²) >= 11 is 0. The van der Waals surface area contributed by atoms with Gasteiger partial charge in [-0.1, -0.05) is 12.2 Å². The zero-order valence-electron chi connectivity index (χ0n) is 8.73. The third kappa shape index (κ3) is 0.959. The lowest BCUT2D eigenvalue weighted by atomic mass is 9.67. The standard InChI is InChI=1S/C12H14O3/c1-15-11(14)12-5-7-2-3-10(12)9(7)4-8(13)6-12/h2-3,7,9-10H,4-6H2,1H3/t7-,9?,10-,12-/m0/s1. The Morgan fingerprint density at radius 3 is 3.07 bits per heavy atom. The molecule has 0 amide bonds. The maximum atomic E-state index is 11.9. The Labute approximate surface area is 88.5 Å². The molecule has 0 aromatic heterocycles. The number of ketones is 1. The first-order valence-corrected chi connectivity index (χ1v) is 5.46. The number of hydrogen-bond acceptors (Lipinski definition) is 3. The van der Waals surface area contributed by atoms with E-state index < -0.39 is 5.41 Å². The lowest BCUT2D eigenvalue weighted by Crippen LogP contribution is -2.42. The summed E-state index contributed by atoms with van der Waals surface area (Å²) in [6.07, 6.45) is 6.16. The molecule has 2 fully saturated rings. The average Bonchev–Trinajstić information content (AvgIpc) is 2.69. The summed E-state index contributed by atoms with van der Waals surface area (Å²) in [5.74, 6) is 1.11. The molecule has 2 saturated carbocycles. The highest BCUT2D eigenvalue weighted by Crippen LogP contribution is 2.62. The fourth-order valence-corrected chi connectivity index (χ4v) is 3.83. The Morgan fingerprint density at radius 2 is 2.33 bits per heavy atom. The van der Waals surface area contributed by atoms with Crippen LogP contribution in [0.2, 0.25) is 0 Å². The summed E-state index contributed by atoms with van der Waals surface area (Å²) in [4.78, 5) is 23.5. The van der Waals surface area contributed by atoms with Gasteiger partial charge in [-0.2, -0.15) is 0 Å². The monoisotopic (exact) mass is 206 g/mol. The van der Waals surface area contributed by atoms with Crippen LogP contribution in [-0.2, 0) is 14.3 Å². The Balaban J connectivity index is 2.04. The van der Waals surface area contributed by atoms with Crippen LogP contribution in [0.25, 0.3) is 0 Å². The van der Waals surface area contributed by atoms with E-state index in [1.165, 1.54) is 7.11 Å². The predicted octanol–water partition coefficient (Wildman–Crippen LogP) is 1.33. The number of carbonyl (C=O) groups excluding carboxylic acids is 2. The van der Waals surface area contributed by atoms with E-state index in [0.29, 0.717) is 24.7 Å². The van der Waals surface area contributed by atoms with Crippen LogP contribution in [0.3, 0.4) is 0 Å². The molecule has 4 atom stereocenters. The fourth-order valence-electron chi connectivity index (χ4n) is 3.83. The molecule has 0 radical (unpaired) electrons. The first-order chi connectivity index (χ1) is 7.17. The van der Waals surface area contributed by atoms with Gasteiger partial charge in [0.15, 0.2) is 0 Å². The molecule has 0 aliphatic heterocycles. The third-order valence-corrected chi connectivity index (χ3v) is 4.38. The topological polar surface area (TPSA) is 43.4 Å². The van der Waals surface area contributed by atoms with Crippen molar-refractivity contribution in [3.8, 4) is 0 Å². The van der Waals surface area contributed by atoms with Crippen molar-refractivity contribution in [2.75, 3.05) is 7.11 Å². The zero-order valence-corrected chi connectivity index (χ0v) is 8.73. The molecule has 0 heterocycles. The molecule has 3 aliphatic carbocycles. The molecule has 3 heteroatoms. The van der Waals surface area contributed by atoms with E-state index in [2.05, 4.69) is 12.2 Å². The summed E-state index contributed by atoms with van der Waals surface area (Å²) in [6, 6.07) is 0. The van der Waals surface area contributed by atoms with Crippen molar-refractivity contribution >= 4 is 11.8 Å². The lowest BCUT2D eigenvalue weighted by Gasteiger charge is -2.35. The van der Waals surface area contributed by atoms with Crippen molar-refractivity contribution in [1.82, 2.24) is 0 Å². The summed E-state index contributed by atoms with van der Waals surface area (Å²) in [5, 5.41) is 0. The third-order valence-electron chi connectivity index (χ3n) is 4.38. The highest BCUT2D eigenvalue weighted by atomic mass is 16.5. The Morgan fingerprint density at radius 1 is 1.53 bits per heavy atom. The molecule has 0 aromatic carbocycles. The van der Waals surface area contributed by atoms with Crippen molar-refractivity contribution in [1.29, 1.82) is 0 Å². The van der Waals surface area contributed by atoms with Gasteiger partial charge >= 0.3 is 5.97 Å². The van der Waals surface area contributed by atoms with Crippen molar-refractivity contribution < 1.29 is 14.3 Å². The van der Waals surface area contributed by atoms with Gasteiger partial charge in [-0.05, 0) is 24.2 Å². The second kappa shape index (κ2) is 2.71. The number of rotatable bonds is 1. The van der Waals surface area contributed by atoms with Gasteiger partial charge in [0.1, 0.15) is 5.78 Å². The molecule has 0 N–H and O–H groups in total. The maximum absolute atomic E-state index is 11.9. The van der Waals surface area contributed by atoms with Gasteiger partial charge in [0.2, 0.25) is 0 Å². The molecule has 0 aromatic rings. The fraction of sp³-hybridized carbons (Fsp3) is 0.667. The van der Waals surface area contributed by atoms with Gasteiger partial charge in [0.05, 0.1) is 12.5 Å². The van der Waals surface area contributed by atoms with Crippen LogP contribution in [0.15, 0.2) is 12.2 Å². The first-order valence-electron chi connectivity index (χ1n) is 5.46. The SMILES string of the molecule is COC(=O)[C@@]12CC(=O)CC3[C@@H](C=C[C@@H]31)C2. The second-order valence-electron chi connectivity index (χ2n) is 5.01. The van der Waals surface area contributed by atoms with Crippen molar-refractivity contribution in [2.45, 2.75) is 19.3 Å². The van der Waals surface area contributed by atoms with Crippen LogP contribution < -0.4 is 0 Å². The van der Waals surface area contributed by atoms with Crippen LogP contribution in [0.4, 0.5) is 0 Å². The number of esters is 1. The second-order valence-corrected chi connectivity index (χ2v) is 5.01. The molecule has 80 valence electrons. The number of allylic oxidation sites excluding steroid dienone is 2. The minimum atomic E-state index is -0.506. The minimum Gasteiger partial charge on any atom is -0.469 e. The number of carbonyl (C=O) groups is 2. The van der Waals surface area contributed by atoms with Gasteiger partial charge in [0, 0.05) is 12.8 Å². The van der Waals surface area contributed by atoms with E-state index in [4.69, 9.17) is 4.74 Å². The Hall–Kier alpha value is -1.12. The number of ether oxygens (including phenoxy) is 1. The summed E-state index contributed by atoms with van der Waals surface area (Å²) in [6.45, 7) is 0. The van der Waals surface area contributed by atoms with E-state index in [1.54, 1.807) is 0 Å². The van der Waals surface area contributed by atoms with Crippen molar-refractivity contribution in [2.24, 2.45) is 23.2 Å². The predicted molar refractivity (Wildman–Crippen MR) is 52.9 cm³/mol. The molecule has 3 rings (SSSR count). The van der Waals surface area contributed by atoms with Crippen LogP contribution >= 0.6 is 0 Å². The highest BCUT2D eigenvalue weighted by Gasteiger charge is 2.62. The normalized spacial score (nSPS) is 45.9. The number of methoxy groups -OCH3 is 1. The highest BCUT2D eigenvalue weighted by molar-refractivity contribution is 5.90. The molecule has 3 nitrogen and oxygen atoms in total. The van der Waals surface area contributed by atoms with Gasteiger partial charge < -0.3 is 4.74 Å².